The third-order valence-electron chi connectivity index (χ3n) is 1.79. The zero-order chi connectivity index (χ0) is 11.8. The molecule has 0 aliphatic heterocycles. The largest absolute Gasteiger partial charge is 0.508 e. The van der Waals surface area contributed by atoms with Gasteiger partial charge in [-0.1, -0.05) is 18.2 Å². The number of phenols is 2. The SMILES string of the molecule is O=Cc1ccc(O)cc1.Oc1ccccc1. The van der Waals surface area contributed by atoms with Crippen molar-refractivity contribution in [2.75, 3.05) is 0 Å². The Balaban J connectivity index is 0.000000165. The van der Waals surface area contributed by atoms with Gasteiger partial charge in [-0.25, -0.2) is 0 Å². The molecule has 2 aromatic rings. The van der Waals surface area contributed by atoms with Gasteiger partial charge < -0.3 is 10.2 Å². The normalized spacial score (nSPS) is 8.75. The summed E-state index contributed by atoms with van der Waals surface area (Å²) >= 11 is 0. The molecule has 0 spiro atoms. The summed E-state index contributed by atoms with van der Waals surface area (Å²) in [5.41, 5.74) is 0.577. The quantitative estimate of drug-likeness (QED) is 0.720. The number of para-hydroxylation sites is 1. The molecule has 3 nitrogen and oxygen atoms in total. The van der Waals surface area contributed by atoms with Crippen LogP contribution < -0.4 is 0 Å². The van der Waals surface area contributed by atoms with Crippen LogP contribution in [0.4, 0.5) is 0 Å². The Bertz CT molecular complexity index is 421. The van der Waals surface area contributed by atoms with E-state index in [0.717, 1.165) is 6.29 Å². The molecule has 0 aliphatic rings. The minimum atomic E-state index is 0.181. The number of hydrogen-bond acceptors (Lipinski definition) is 3. The lowest BCUT2D eigenvalue weighted by Crippen LogP contribution is -1.74. The molecule has 0 amide bonds. The molecule has 0 aromatic heterocycles. The average Bonchev–Trinajstić information content (AvgIpc) is 2.32. The van der Waals surface area contributed by atoms with Gasteiger partial charge in [0.15, 0.2) is 0 Å². The van der Waals surface area contributed by atoms with E-state index >= 15 is 0 Å². The monoisotopic (exact) mass is 216 g/mol. The van der Waals surface area contributed by atoms with Gasteiger partial charge in [-0.2, -0.15) is 0 Å². The molecule has 2 aromatic carbocycles. The summed E-state index contributed by atoms with van der Waals surface area (Å²) in [5, 5.41) is 17.4. The van der Waals surface area contributed by atoms with E-state index in [9.17, 15) is 4.79 Å². The van der Waals surface area contributed by atoms with E-state index in [0.29, 0.717) is 11.3 Å². The van der Waals surface area contributed by atoms with Crippen molar-refractivity contribution in [3.8, 4) is 11.5 Å². The molecule has 0 heterocycles. The molecule has 0 radical (unpaired) electrons. The van der Waals surface area contributed by atoms with Crippen molar-refractivity contribution in [3.05, 3.63) is 60.2 Å². The van der Waals surface area contributed by atoms with Gasteiger partial charge in [-0.15, -0.1) is 0 Å². The second-order valence-corrected chi connectivity index (χ2v) is 3.04. The number of carbonyl (C=O) groups excluding carboxylic acids is 1. The molecular formula is C13H12O3. The summed E-state index contributed by atoms with van der Waals surface area (Å²) < 4.78 is 0. The highest BCUT2D eigenvalue weighted by Crippen LogP contribution is 2.07. The molecule has 0 atom stereocenters. The van der Waals surface area contributed by atoms with Crippen LogP contribution in [0.2, 0.25) is 0 Å². The van der Waals surface area contributed by atoms with E-state index in [2.05, 4.69) is 0 Å². The number of aldehydes is 1. The van der Waals surface area contributed by atoms with Crippen LogP contribution in [-0.2, 0) is 0 Å². The van der Waals surface area contributed by atoms with E-state index in [1.807, 2.05) is 6.07 Å². The fraction of sp³-hybridized carbons (Fsp3) is 0. The number of aromatic hydroxyl groups is 2. The van der Waals surface area contributed by atoms with Gasteiger partial charge >= 0.3 is 0 Å². The Labute approximate surface area is 93.6 Å². The zero-order valence-corrected chi connectivity index (χ0v) is 8.58. The summed E-state index contributed by atoms with van der Waals surface area (Å²) in [4.78, 5) is 10.0. The van der Waals surface area contributed by atoms with Crippen LogP contribution in [0.1, 0.15) is 10.4 Å². The molecule has 3 heteroatoms. The molecular weight excluding hydrogens is 204 g/mol. The van der Waals surface area contributed by atoms with E-state index < -0.39 is 0 Å². The standard InChI is InChI=1S/C7H6O2.C6H6O/c8-5-6-1-3-7(9)4-2-6;7-6-4-2-1-3-5-6/h1-5,9H;1-5,7H. The predicted octanol–water partition coefficient (Wildman–Crippen LogP) is 2.60. The number of benzene rings is 2. The fourth-order valence-electron chi connectivity index (χ4n) is 0.981. The lowest BCUT2D eigenvalue weighted by Gasteiger charge is -1.88. The van der Waals surface area contributed by atoms with Crippen LogP contribution in [0.25, 0.3) is 0 Å². The Hall–Kier alpha value is -2.29. The molecule has 0 saturated carbocycles. The Morgan fingerprint density at radius 3 is 1.62 bits per heavy atom. The summed E-state index contributed by atoms with van der Waals surface area (Å²) in [6, 6.07) is 14.8. The van der Waals surface area contributed by atoms with Gasteiger partial charge in [0.1, 0.15) is 17.8 Å². The molecule has 2 rings (SSSR count). The molecule has 2 N–H and O–H groups in total. The van der Waals surface area contributed by atoms with E-state index in [4.69, 9.17) is 10.2 Å². The first-order chi connectivity index (χ1) is 7.72. The minimum Gasteiger partial charge on any atom is -0.508 e. The molecule has 0 bridgehead atoms. The lowest BCUT2D eigenvalue weighted by atomic mass is 10.2. The first kappa shape index (κ1) is 11.8. The topological polar surface area (TPSA) is 57.5 Å². The van der Waals surface area contributed by atoms with Gasteiger partial charge in [-0.3, -0.25) is 4.79 Å². The Kier molecular flexibility index (Phi) is 4.60. The molecule has 16 heavy (non-hydrogen) atoms. The van der Waals surface area contributed by atoms with Crippen LogP contribution in [-0.4, -0.2) is 16.5 Å². The first-order valence-electron chi connectivity index (χ1n) is 4.70. The van der Waals surface area contributed by atoms with Crippen molar-refractivity contribution >= 4 is 6.29 Å². The van der Waals surface area contributed by atoms with Crippen molar-refractivity contribution in [2.24, 2.45) is 0 Å². The maximum atomic E-state index is 10.0. The van der Waals surface area contributed by atoms with Crippen molar-refractivity contribution in [2.45, 2.75) is 0 Å². The van der Waals surface area contributed by atoms with Crippen molar-refractivity contribution in [1.29, 1.82) is 0 Å². The maximum absolute atomic E-state index is 10.0. The van der Waals surface area contributed by atoms with Crippen LogP contribution in [0.3, 0.4) is 0 Å². The van der Waals surface area contributed by atoms with Crippen LogP contribution in [0.15, 0.2) is 54.6 Å². The van der Waals surface area contributed by atoms with Crippen LogP contribution >= 0.6 is 0 Å². The number of hydrogen-bond donors (Lipinski definition) is 2. The highest BCUT2D eigenvalue weighted by molar-refractivity contribution is 5.74. The minimum absolute atomic E-state index is 0.181. The third-order valence-corrected chi connectivity index (χ3v) is 1.79. The second kappa shape index (κ2) is 6.24. The zero-order valence-electron chi connectivity index (χ0n) is 8.58. The summed E-state index contributed by atoms with van der Waals surface area (Å²) in [7, 11) is 0. The number of phenolic OH excluding ortho intramolecular Hbond substituents is 2. The highest BCUT2D eigenvalue weighted by Gasteiger charge is 1.86. The summed E-state index contributed by atoms with van der Waals surface area (Å²) in [6.07, 6.45) is 0.736. The fourth-order valence-corrected chi connectivity index (χ4v) is 0.981. The number of rotatable bonds is 1. The summed E-state index contributed by atoms with van der Waals surface area (Å²) in [5.74, 6) is 0.503. The molecule has 0 fully saturated rings. The third kappa shape index (κ3) is 4.28. The van der Waals surface area contributed by atoms with Crippen LogP contribution in [0.5, 0.6) is 11.5 Å². The van der Waals surface area contributed by atoms with Crippen molar-refractivity contribution in [3.63, 3.8) is 0 Å². The molecule has 0 saturated heterocycles. The first-order valence-corrected chi connectivity index (χ1v) is 4.70. The maximum Gasteiger partial charge on any atom is 0.150 e. The molecule has 0 aliphatic carbocycles. The second-order valence-electron chi connectivity index (χ2n) is 3.04. The predicted molar refractivity (Wildman–Crippen MR) is 61.6 cm³/mol. The lowest BCUT2D eigenvalue weighted by molar-refractivity contribution is 0.112. The van der Waals surface area contributed by atoms with Gasteiger partial charge in [0.05, 0.1) is 0 Å². The highest BCUT2D eigenvalue weighted by atomic mass is 16.3. The van der Waals surface area contributed by atoms with E-state index in [1.54, 1.807) is 36.4 Å². The Morgan fingerprint density at radius 2 is 1.25 bits per heavy atom. The van der Waals surface area contributed by atoms with E-state index in [-0.39, 0.29) is 5.75 Å². The van der Waals surface area contributed by atoms with E-state index in [1.165, 1.54) is 12.1 Å². The summed E-state index contributed by atoms with van der Waals surface area (Å²) in [6.45, 7) is 0. The Morgan fingerprint density at radius 1 is 0.750 bits per heavy atom. The van der Waals surface area contributed by atoms with Gasteiger partial charge in [0.25, 0.3) is 0 Å². The number of carbonyl (C=O) groups is 1. The smallest absolute Gasteiger partial charge is 0.150 e. The van der Waals surface area contributed by atoms with Crippen molar-refractivity contribution in [1.82, 2.24) is 0 Å². The van der Waals surface area contributed by atoms with Crippen LogP contribution in [0, 0.1) is 0 Å². The van der Waals surface area contributed by atoms with Gasteiger partial charge in [-0.05, 0) is 36.4 Å². The van der Waals surface area contributed by atoms with Crippen molar-refractivity contribution < 1.29 is 15.0 Å². The molecule has 0 unspecified atom stereocenters. The molecule has 82 valence electrons. The van der Waals surface area contributed by atoms with Gasteiger partial charge in [0, 0.05) is 5.56 Å². The average molecular weight is 216 g/mol. The van der Waals surface area contributed by atoms with Gasteiger partial charge in [0.2, 0.25) is 0 Å².